The summed E-state index contributed by atoms with van der Waals surface area (Å²) in [6.07, 6.45) is 9.72. The average molecular weight is 287 g/mol. The summed E-state index contributed by atoms with van der Waals surface area (Å²) < 4.78 is 0. The monoisotopic (exact) mass is 287 g/mol. The number of hydrogen-bond donors (Lipinski definition) is 1. The minimum atomic E-state index is 0.545. The third kappa shape index (κ3) is 5.47. The van der Waals surface area contributed by atoms with Crippen LogP contribution in [-0.4, -0.2) is 6.54 Å². The largest absolute Gasteiger partial charge is 0.310 e. The molecular formula is C20H33N. The molecule has 2 rings (SSSR count). The molecule has 1 atom stereocenters. The van der Waals surface area contributed by atoms with Crippen LogP contribution in [0.15, 0.2) is 24.3 Å². The van der Waals surface area contributed by atoms with Crippen molar-refractivity contribution >= 4 is 0 Å². The highest BCUT2D eigenvalue weighted by atomic mass is 14.9. The fraction of sp³-hybridized carbons (Fsp3) is 0.700. The zero-order valence-electron chi connectivity index (χ0n) is 14.2. The van der Waals surface area contributed by atoms with Gasteiger partial charge in [-0.05, 0) is 48.8 Å². The molecule has 1 heteroatoms. The summed E-state index contributed by atoms with van der Waals surface area (Å²) >= 11 is 0. The Hall–Kier alpha value is -0.820. The highest BCUT2D eigenvalue weighted by Crippen LogP contribution is 2.31. The molecule has 1 nitrogen and oxygen atoms in total. The number of nitrogens with one attached hydrogen (secondary N) is 1. The van der Waals surface area contributed by atoms with Gasteiger partial charge >= 0.3 is 0 Å². The van der Waals surface area contributed by atoms with E-state index in [0.29, 0.717) is 6.04 Å². The molecule has 0 heterocycles. The van der Waals surface area contributed by atoms with Crippen LogP contribution in [0.1, 0.15) is 76.5 Å². The lowest BCUT2D eigenvalue weighted by Crippen LogP contribution is -2.21. The molecule has 1 aromatic carbocycles. The van der Waals surface area contributed by atoms with E-state index < -0.39 is 0 Å². The van der Waals surface area contributed by atoms with Crippen molar-refractivity contribution in [2.24, 2.45) is 11.8 Å². The van der Waals surface area contributed by atoms with Crippen LogP contribution in [-0.2, 0) is 6.42 Å². The quantitative estimate of drug-likeness (QED) is 0.665. The second kappa shape index (κ2) is 8.58. The molecule has 1 aromatic rings. The molecule has 0 aromatic heterocycles. The molecule has 1 fully saturated rings. The molecule has 1 saturated carbocycles. The molecule has 0 radical (unpaired) electrons. The molecule has 0 spiro atoms. The van der Waals surface area contributed by atoms with Crippen LogP contribution in [0.2, 0.25) is 0 Å². The number of benzene rings is 1. The number of hydrogen-bond acceptors (Lipinski definition) is 1. The van der Waals surface area contributed by atoms with Crippen molar-refractivity contribution < 1.29 is 0 Å². The maximum atomic E-state index is 3.68. The third-order valence-corrected chi connectivity index (χ3v) is 4.81. The molecule has 0 bridgehead atoms. The molecule has 0 aliphatic heterocycles. The van der Waals surface area contributed by atoms with Gasteiger partial charge in [0, 0.05) is 6.04 Å². The first-order chi connectivity index (χ1) is 10.2. The lowest BCUT2D eigenvalue weighted by molar-refractivity contribution is 0.417. The Labute approximate surface area is 131 Å². The smallest absolute Gasteiger partial charge is 0.0320 e. The van der Waals surface area contributed by atoms with Gasteiger partial charge in [0.15, 0.2) is 0 Å². The van der Waals surface area contributed by atoms with Crippen LogP contribution < -0.4 is 5.32 Å². The van der Waals surface area contributed by atoms with Crippen molar-refractivity contribution in [2.45, 2.75) is 71.8 Å². The first-order valence-electron chi connectivity index (χ1n) is 9.01. The van der Waals surface area contributed by atoms with Crippen molar-refractivity contribution in [2.75, 3.05) is 6.54 Å². The Morgan fingerprint density at radius 1 is 1.10 bits per heavy atom. The SMILES string of the molecule is CCNC(CCC1CCCC1)c1ccc(CC(C)C)cc1. The summed E-state index contributed by atoms with van der Waals surface area (Å²) in [4.78, 5) is 0. The summed E-state index contributed by atoms with van der Waals surface area (Å²) in [5.74, 6) is 1.73. The Kier molecular flexibility index (Phi) is 6.76. The van der Waals surface area contributed by atoms with Crippen LogP contribution in [0.25, 0.3) is 0 Å². The van der Waals surface area contributed by atoms with E-state index in [1.165, 1.54) is 56.1 Å². The van der Waals surface area contributed by atoms with Gasteiger partial charge in [0.25, 0.3) is 0 Å². The van der Waals surface area contributed by atoms with E-state index in [9.17, 15) is 0 Å². The molecule has 0 amide bonds. The van der Waals surface area contributed by atoms with Gasteiger partial charge in [-0.3, -0.25) is 0 Å². The zero-order chi connectivity index (χ0) is 15.1. The summed E-state index contributed by atoms with van der Waals surface area (Å²) in [6, 6.07) is 9.90. The van der Waals surface area contributed by atoms with Crippen molar-refractivity contribution in [3.63, 3.8) is 0 Å². The van der Waals surface area contributed by atoms with E-state index in [1.807, 2.05) is 0 Å². The molecular weight excluding hydrogens is 254 g/mol. The number of rotatable bonds is 8. The molecule has 1 aliphatic rings. The van der Waals surface area contributed by atoms with Gasteiger partial charge in [0.05, 0.1) is 0 Å². The Morgan fingerprint density at radius 3 is 2.33 bits per heavy atom. The van der Waals surface area contributed by atoms with E-state index in [0.717, 1.165) is 18.4 Å². The van der Waals surface area contributed by atoms with Crippen molar-refractivity contribution in [3.8, 4) is 0 Å². The lowest BCUT2D eigenvalue weighted by atomic mass is 9.93. The maximum absolute atomic E-state index is 3.68. The van der Waals surface area contributed by atoms with Crippen molar-refractivity contribution in [1.82, 2.24) is 5.32 Å². The summed E-state index contributed by atoms with van der Waals surface area (Å²) in [7, 11) is 0. The first kappa shape index (κ1) is 16.5. The lowest BCUT2D eigenvalue weighted by Gasteiger charge is -2.21. The van der Waals surface area contributed by atoms with Gasteiger partial charge < -0.3 is 5.32 Å². The van der Waals surface area contributed by atoms with E-state index in [2.05, 4.69) is 50.4 Å². The Balaban J connectivity index is 1.92. The normalized spacial score (nSPS) is 17.5. The molecule has 118 valence electrons. The van der Waals surface area contributed by atoms with E-state index in [1.54, 1.807) is 0 Å². The topological polar surface area (TPSA) is 12.0 Å². The van der Waals surface area contributed by atoms with Crippen LogP contribution >= 0.6 is 0 Å². The Bertz CT molecular complexity index is 387. The average Bonchev–Trinajstić information content (AvgIpc) is 2.97. The molecule has 1 N–H and O–H groups in total. The standard InChI is InChI=1S/C20H33N/c1-4-21-20(14-11-17-7-5-6-8-17)19-12-9-18(10-13-19)15-16(2)3/h9-10,12-13,16-17,20-21H,4-8,11,14-15H2,1-3H3. The fourth-order valence-corrected chi connectivity index (χ4v) is 3.69. The highest BCUT2D eigenvalue weighted by molar-refractivity contribution is 5.25. The predicted octanol–water partition coefficient (Wildman–Crippen LogP) is 5.51. The van der Waals surface area contributed by atoms with Crippen molar-refractivity contribution in [3.05, 3.63) is 35.4 Å². The summed E-state index contributed by atoms with van der Waals surface area (Å²) in [5, 5.41) is 3.68. The maximum Gasteiger partial charge on any atom is 0.0320 e. The van der Waals surface area contributed by atoms with Gasteiger partial charge in [0.2, 0.25) is 0 Å². The van der Waals surface area contributed by atoms with E-state index in [-0.39, 0.29) is 0 Å². The third-order valence-electron chi connectivity index (χ3n) is 4.81. The second-order valence-electron chi connectivity index (χ2n) is 7.18. The molecule has 0 saturated heterocycles. The van der Waals surface area contributed by atoms with Gasteiger partial charge in [-0.1, -0.05) is 70.7 Å². The zero-order valence-corrected chi connectivity index (χ0v) is 14.2. The van der Waals surface area contributed by atoms with Crippen LogP contribution in [0.4, 0.5) is 0 Å². The Morgan fingerprint density at radius 2 is 1.76 bits per heavy atom. The molecule has 1 unspecified atom stereocenters. The summed E-state index contributed by atoms with van der Waals surface area (Å²) in [6.45, 7) is 7.85. The van der Waals surface area contributed by atoms with Gasteiger partial charge in [-0.2, -0.15) is 0 Å². The van der Waals surface area contributed by atoms with Crippen LogP contribution in [0.5, 0.6) is 0 Å². The minimum Gasteiger partial charge on any atom is -0.310 e. The van der Waals surface area contributed by atoms with Crippen LogP contribution in [0, 0.1) is 11.8 Å². The first-order valence-corrected chi connectivity index (χ1v) is 9.01. The van der Waals surface area contributed by atoms with Gasteiger partial charge in [0.1, 0.15) is 0 Å². The van der Waals surface area contributed by atoms with Gasteiger partial charge in [-0.15, -0.1) is 0 Å². The summed E-state index contributed by atoms with van der Waals surface area (Å²) in [5.41, 5.74) is 2.95. The van der Waals surface area contributed by atoms with E-state index >= 15 is 0 Å². The molecule has 21 heavy (non-hydrogen) atoms. The fourth-order valence-electron chi connectivity index (χ4n) is 3.69. The van der Waals surface area contributed by atoms with Crippen molar-refractivity contribution in [1.29, 1.82) is 0 Å². The van der Waals surface area contributed by atoms with Crippen LogP contribution in [0.3, 0.4) is 0 Å². The molecule has 1 aliphatic carbocycles. The predicted molar refractivity (Wildman–Crippen MR) is 92.6 cm³/mol. The minimum absolute atomic E-state index is 0.545. The highest BCUT2D eigenvalue weighted by Gasteiger charge is 2.18. The van der Waals surface area contributed by atoms with Gasteiger partial charge in [-0.25, -0.2) is 0 Å². The second-order valence-corrected chi connectivity index (χ2v) is 7.18. The van der Waals surface area contributed by atoms with E-state index in [4.69, 9.17) is 0 Å².